The molecule has 0 aliphatic carbocycles. The lowest BCUT2D eigenvalue weighted by molar-refractivity contribution is -0.143. The minimum absolute atomic E-state index is 0.416. The van der Waals surface area contributed by atoms with Crippen molar-refractivity contribution in [3.05, 3.63) is 0 Å². The van der Waals surface area contributed by atoms with Crippen molar-refractivity contribution in [1.29, 1.82) is 0 Å². The van der Waals surface area contributed by atoms with Crippen LogP contribution in [0.4, 0.5) is 9.59 Å². The van der Waals surface area contributed by atoms with Gasteiger partial charge in [0.15, 0.2) is 0 Å². The molecule has 0 spiro atoms. The number of rotatable bonds is 11. The standard InChI is InChI=1S/C16H30N4O6/c1-11(13(21)25-3)19-15(23)17-9-7-5-6-8-10-18-16(24)20-12(2)14(22)26-4/h11-12H,5-10H2,1-4H3,(H2,17,19,23)(H2,18,20,24)/t11-,12-/m0/s1. The Balaban J connectivity index is 3.59. The number of nitrogens with one attached hydrogen (secondary N) is 4. The Morgan fingerprint density at radius 2 is 1.04 bits per heavy atom. The molecular formula is C16H30N4O6. The normalized spacial score (nSPS) is 12.3. The highest BCUT2D eigenvalue weighted by molar-refractivity contribution is 5.83. The summed E-state index contributed by atoms with van der Waals surface area (Å²) in [6, 6.07) is -2.22. The summed E-state index contributed by atoms with van der Waals surface area (Å²) in [6.45, 7) is 4.07. The van der Waals surface area contributed by atoms with Crippen LogP contribution < -0.4 is 21.3 Å². The number of carbonyl (C=O) groups is 4. The van der Waals surface area contributed by atoms with Gasteiger partial charge in [0, 0.05) is 13.1 Å². The first-order valence-corrected chi connectivity index (χ1v) is 8.56. The maximum atomic E-state index is 11.5. The highest BCUT2D eigenvalue weighted by Crippen LogP contribution is 1.98. The zero-order valence-corrected chi connectivity index (χ0v) is 15.8. The van der Waals surface area contributed by atoms with E-state index in [0.29, 0.717) is 13.1 Å². The zero-order chi connectivity index (χ0) is 19.9. The van der Waals surface area contributed by atoms with E-state index in [9.17, 15) is 19.2 Å². The largest absolute Gasteiger partial charge is 0.467 e. The summed E-state index contributed by atoms with van der Waals surface area (Å²) >= 11 is 0. The Morgan fingerprint density at radius 1 is 0.692 bits per heavy atom. The lowest BCUT2D eigenvalue weighted by Gasteiger charge is -2.13. The molecule has 0 saturated carbocycles. The van der Waals surface area contributed by atoms with E-state index in [1.165, 1.54) is 14.2 Å². The van der Waals surface area contributed by atoms with Crippen LogP contribution in [-0.2, 0) is 19.1 Å². The minimum Gasteiger partial charge on any atom is -0.467 e. The average molecular weight is 374 g/mol. The van der Waals surface area contributed by atoms with E-state index < -0.39 is 36.1 Å². The average Bonchev–Trinajstić information content (AvgIpc) is 2.61. The van der Waals surface area contributed by atoms with Crippen molar-refractivity contribution in [2.24, 2.45) is 0 Å². The highest BCUT2D eigenvalue weighted by Gasteiger charge is 2.15. The molecule has 0 unspecified atom stereocenters. The van der Waals surface area contributed by atoms with Crippen LogP contribution in [0.25, 0.3) is 0 Å². The van der Waals surface area contributed by atoms with Crippen LogP contribution in [0.1, 0.15) is 39.5 Å². The molecule has 0 heterocycles. The van der Waals surface area contributed by atoms with Crippen molar-refractivity contribution in [2.45, 2.75) is 51.6 Å². The molecule has 0 aromatic rings. The summed E-state index contributed by atoms with van der Waals surface area (Å²) in [6.07, 6.45) is 3.33. The molecule has 0 saturated heterocycles. The molecule has 0 bridgehead atoms. The number of ether oxygens (including phenoxy) is 2. The van der Waals surface area contributed by atoms with Crippen LogP contribution in [-0.4, -0.2) is 63.4 Å². The van der Waals surface area contributed by atoms with Gasteiger partial charge >= 0.3 is 24.0 Å². The summed E-state index contributed by atoms with van der Waals surface area (Å²) in [4.78, 5) is 45.4. The zero-order valence-electron chi connectivity index (χ0n) is 15.8. The van der Waals surface area contributed by atoms with Gasteiger partial charge in [0.1, 0.15) is 12.1 Å². The van der Waals surface area contributed by atoms with E-state index in [0.717, 1.165) is 25.7 Å². The monoisotopic (exact) mass is 374 g/mol. The fourth-order valence-corrected chi connectivity index (χ4v) is 1.97. The molecule has 0 aliphatic rings. The number of carbonyl (C=O) groups excluding carboxylic acids is 4. The second-order valence-corrected chi connectivity index (χ2v) is 5.70. The molecule has 2 atom stereocenters. The lowest BCUT2D eigenvalue weighted by Crippen LogP contribution is -2.45. The van der Waals surface area contributed by atoms with Crippen molar-refractivity contribution in [1.82, 2.24) is 21.3 Å². The fourth-order valence-electron chi connectivity index (χ4n) is 1.97. The summed E-state index contributed by atoms with van der Waals surface area (Å²) in [5.74, 6) is -1.00. The molecule has 0 fully saturated rings. The molecule has 10 nitrogen and oxygen atoms in total. The SMILES string of the molecule is COC(=O)[C@H](C)NC(=O)NCCCCCCNC(=O)N[C@@H](C)C(=O)OC. The number of hydrogen-bond acceptors (Lipinski definition) is 6. The van der Waals surface area contributed by atoms with E-state index in [1.807, 2.05) is 0 Å². The van der Waals surface area contributed by atoms with Crippen molar-refractivity contribution < 1.29 is 28.7 Å². The first-order chi connectivity index (χ1) is 12.3. The van der Waals surface area contributed by atoms with Crippen molar-refractivity contribution >= 4 is 24.0 Å². The molecule has 0 radical (unpaired) electrons. The van der Waals surface area contributed by atoms with E-state index in [4.69, 9.17) is 0 Å². The molecule has 0 aromatic heterocycles. The van der Waals surface area contributed by atoms with Gasteiger partial charge in [0.2, 0.25) is 0 Å². The number of esters is 2. The van der Waals surface area contributed by atoms with Crippen LogP contribution in [0.5, 0.6) is 0 Å². The van der Waals surface area contributed by atoms with Gasteiger partial charge in [-0.3, -0.25) is 0 Å². The molecule has 4 amide bonds. The number of hydrogen-bond donors (Lipinski definition) is 4. The summed E-state index contributed by atoms with van der Waals surface area (Å²) in [5, 5.41) is 10.3. The van der Waals surface area contributed by atoms with Crippen molar-refractivity contribution in [3.63, 3.8) is 0 Å². The first kappa shape index (κ1) is 23.5. The quantitative estimate of drug-likeness (QED) is 0.303. The van der Waals surface area contributed by atoms with Gasteiger partial charge in [-0.25, -0.2) is 19.2 Å². The molecule has 0 rings (SSSR count). The van der Waals surface area contributed by atoms with Crippen molar-refractivity contribution in [2.75, 3.05) is 27.3 Å². The van der Waals surface area contributed by atoms with Crippen LogP contribution in [0.3, 0.4) is 0 Å². The van der Waals surface area contributed by atoms with Gasteiger partial charge in [-0.2, -0.15) is 0 Å². The number of urea groups is 2. The molecule has 4 N–H and O–H groups in total. The Hall–Kier alpha value is -2.52. The van der Waals surface area contributed by atoms with Gasteiger partial charge in [-0.15, -0.1) is 0 Å². The smallest absolute Gasteiger partial charge is 0.328 e. The lowest BCUT2D eigenvalue weighted by atomic mass is 10.2. The minimum atomic E-state index is -0.695. The maximum absolute atomic E-state index is 11.5. The van der Waals surface area contributed by atoms with Crippen LogP contribution in [0, 0.1) is 0 Å². The summed E-state index contributed by atoms with van der Waals surface area (Å²) in [7, 11) is 2.52. The van der Waals surface area contributed by atoms with Gasteiger partial charge in [0.05, 0.1) is 14.2 Å². The fraction of sp³-hybridized carbons (Fsp3) is 0.750. The third kappa shape index (κ3) is 11.1. The molecule has 0 aliphatic heterocycles. The third-order valence-corrected chi connectivity index (χ3v) is 3.48. The van der Waals surface area contributed by atoms with Gasteiger partial charge in [-0.05, 0) is 26.7 Å². The van der Waals surface area contributed by atoms with Crippen LogP contribution in [0.15, 0.2) is 0 Å². The van der Waals surface area contributed by atoms with E-state index >= 15 is 0 Å². The van der Waals surface area contributed by atoms with Gasteiger partial charge in [0.25, 0.3) is 0 Å². The molecule has 26 heavy (non-hydrogen) atoms. The van der Waals surface area contributed by atoms with Crippen molar-refractivity contribution in [3.8, 4) is 0 Å². The van der Waals surface area contributed by atoms with E-state index in [1.54, 1.807) is 13.8 Å². The topological polar surface area (TPSA) is 135 Å². The highest BCUT2D eigenvalue weighted by atomic mass is 16.5. The first-order valence-electron chi connectivity index (χ1n) is 8.56. The predicted octanol–water partition coefficient (Wildman–Crippen LogP) is 0.268. The molecular weight excluding hydrogens is 344 g/mol. The molecule has 10 heteroatoms. The summed E-state index contributed by atoms with van der Waals surface area (Å²) < 4.78 is 9.02. The maximum Gasteiger partial charge on any atom is 0.328 e. The second kappa shape index (κ2) is 13.7. The molecule has 0 aromatic carbocycles. The Morgan fingerprint density at radius 3 is 1.35 bits per heavy atom. The Labute approximate surface area is 153 Å². The predicted molar refractivity (Wildman–Crippen MR) is 94.5 cm³/mol. The third-order valence-electron chi connectivity index (χ3n) is 3.48. The number of methoxy groups -OCH3 is 2. The van der Waals surface area contributed by atoms with Gasteiger partial charge in [-0.1, -0.05) is 12.8 Å². The second-order valence-electron chi connectivity index (χ2n) is 5.70. The van der Waals surface area contributed by atoms with E-state index in [-0.39, 0.29) is 0 Å². The van der Waals surface area contributed by atoms with E-state index in [2.05, 4.69) is 30.7 Å². The summed E-state index contributed by atoms with van der Waals surface area (Å²) in [5.41, 5.74) is 0. The van der Waals surface area contributed by atoms with Crippen LogP contribution in [0.2, 0.25) is 0 Å². The molecule has 150 valence electrons. The number of unbranched alkanes of at least 4 members (excludes halogenated alkanes) is 3. The Bertz CT molecular complexity index is 430. The van der Waals surface area contributed by atoms with Crippen LogP contribution >= 0.6 is 0 Å². The van der Waals surface area contributed by atoms with Gasteiger partial charge < -0.3 is 30.7 Å². The Kier molecular flexibility index (Phi) is 12.4. The number of amides is 4.